The summed E-state index contributed by atoms with van der Waals surface area (Å²) in [6.45, 7) is 8.13. The zero-order valence-electron chi connectivity index (χ0n) is 9.04. The van der Waals surface area contributed by atoms with E-state index in [-0.39, 0.29) is 12.1 Å². The maximum Gasteiger partial charge on any atom is 0.302 e. The van der Waals surface area contributed by atoms with Gasteiger partial charge in [0.1, 0.15) is 6.10 Å². The van der Waals surface area contributed by atoms with Gasteiger partial charge < -0.3 is 4.74 Å². The molecule has 0 amide bonds. The highest BCUT2D eigenvalue weighted by Crippen LogP contribution is 2.34. The first-order valence-electron chi connectivity index (χ1n) is 5.18. The van der Waals surface area contributed by atoms with Crippen molar-refractivity contribution in [1.29, 1.82) is 0 Å². The topological polar surface area (TPSA) is 26.3 Å². The Balaban J connectivity index is 2.56. The van der Waals surface area contributed by atoms with Crippen molar-refractivity contribution in [3.8, 4) is 0 Å². The molecule has 0 heterocycles. The highest BCUT2D eigenvalue weighted by atomic mass is 16.5. The first kappa shape index (κ1) is 10.6. The Labute approximate surface area is 80.7 Å². The monoisotopic (exact) mass is 184 g/mol. The molecule has 2 atom stereocenters. The molecule has 1 rings (SSSR count). The van der Waals surface area contributed by atoms with Crippen LogP contribution in [0.3, 0.4) is 0 Å². The van der Waals surface area contributed by atoms with Crippen molar-refractivity contribution in [1.82, 2.24) is 0 Å². The standard InChI is InChI=1S/C11H20O2/c1-7-5-8(2)11(9(3)6-7)13-10(4)12/h7-9,11H,5-6H2,1-4H3. The summed E-state index contributed by atoms with van der Waals surface area (Å²) in [6.07, 6.45) is 2.51. The number of esters is 1. The molecular formula is C11H20O2. The minimum atomic E-state index is -0.141. The molecule has 0 N–H and O–H groups in total. The summed E-state index contributed by atoms with van der Waals surface area (Å²) in [5.74, 6) is 1.67. The van der Waals surface area contributed by atoms with Gasteiger partial charge in [0.05, 0.1) is 0 Å². The molecule has 0 aromatic heterocycles. The average molecular weight is 184 g/mol. The van der Waals surface area contributed by atoms with Crippen LogP contribution in [-0.2, 0) is 9.53 Å². The number of carbonyl (C=O) groups excluding carboxylic acids is 1. The van der Waals surface area contributed by atoms with Crippen LogP contribution in [0.2, 0.25) is 0 Å². The van der Waals surface area contributed by atoms with Gasteiger partial charge >= 0.3 is 5.97 Å². The van der Waals surface area contributed by atoms with Crippen molar-refractivity contribution in [2.24, 2.45) is 17.8 Å². The van der Waals surface area contributed by atoms with Crippen molar-refractivity contribution in [3.05, 3.63) is 0 Å². The van der Waals surface area contributed by atoms with Crippen molar-refractivity contribution in [3.63, 3.8) is 0 Å². The third-order valence-electron chi connectivity index (χ3n) is 2.97. The predicted octanol–water partition coefficient (Wildman–Crippen LogP) is 2.62. The molecule has 0 saturated heterocycles. The number of hydrogen-bond donors (Lipinski definition) is 0. The summed E-state index contributed by atoms with van der Waals surface area (Å²) in [6, 6.07) is 0. The molecule has 2 heteroatoms. The van der Waals surface area contributed by atoms with Gasteiger partial charge in [0, 0.05) is 6.92 Å². The maximum absolute atomic E-state index is 10.9. The molecule has 0 aliphatic heterocycles. The molecule has 1 fully saturated rings. The molecule has 1 aliphatic rings. The van der Waals surface area contributed by atoms with E-state index in [1.54, 1.807) is 0 Å². The maximum atomic E-state index is 10.9. The molecule has 0 spiro atoms. The second kappa shape index (κ2) is 4.12. The molecular weight excluding hydrogens is 164 g/mol. The highest BCUT2D eigenvalue weighted by molar-refractivity contribution is 5.66. The fourth-order valence-electron chi connectivity index (χ4n) is 2.62. The van der Waals surface area contributed by atoms with Gasteiger partial charge in [0.15, 0.2) is 0 Å². The minimum Gasteiger partial charge on any atom is -0.462 e. The van der Waals surface area contributed by atoms with Gasteiger partial charge in [-0.05, 0) is 30.6 Å². The van der Waals surface area contributed by atoms with Gasteiger partial charge in [-0.15, -0.1) is 0 Å². The average Bonchev–Trinajstić information content (AvgIpc) is 1.96. The van der Waals surface area contributed by atoms with E-state index in [4.69, 9.17) is 4.74 Å². The van der Waals surface area contributed by atoms with E-state index in [1.165, 1.54) is 19.8 Å². The summed E-state index contributed by atoms with van der Waals surface area (Å²) < 4.78 is 5.33. The number of ether oxygens (including phenoxy) is 1. The zero-order chi connectivity index (χ0) is 10.0. The van der Waals surface area contributed by atoms with E-state index in [2.05, 4.69) is 20.8 Å². The second-order valence-corrected chi connectivity index (χ2v) is 4.61. The minimum absolute atomic E-state index is 0.141. The Morgan fingerprint density at radius 2 is 1.62 bits per heavy atom. The zero-order valence-corrected chi connectivity index (χ0v) is 9.04. The molecule has 0 aromatic rings. The van der Waals surface area contributed by atoms with Gasteiger partial charge in [-0.1, -0.05) is 20.8 Å². The lowest BCUT2D eigenvalue weighted by molar-refractivity contribution is -0.154. The normalized spacial score (nSPS) is 40.0. The lowest BCUT2D eigenvalue weighted by Gasteiger charge is -2.36. The van der Waals surface area contributed by atoms with Crippen LogP contribution >= 0.6 is 0 Å². The first-order valence-corrected chi connectivity index (χ1v) is 5.18. The van der Waals surface area contributed by atoms with Gasteiger partial charge in [-0.3, -0.25) is 4.79 Å². The van der Waals surface area contributed by atoms with E-state index >= 15 is 0 Å². The summed E-state index contributed by atoms with van der Waals surface area (Å²) in [4.78, 5) is 10.9. The predicted molar refractivity (Wildman–Crippen MR) is 52.3 cm³/mol. The van der Waals surface area contributed by atoms with Crippen LogP contribution in [-0.4, -0.2) is 12.1 Å². The first-order chi connectivity index (χ1) is 6.00. The Bertz CT molecular complexity index is 177. The van der Waals surface area contributed by atoms with Crippen LogP contribution in [0.15, 0.2) is 0 Å². The third kappa shape index (κ3) is 2.71. The summed E-state index contributed by atoms with van der Waals surface area (Å²) in [7, 11) is 0. The molecule has 13 heavy (non-hydrogen) atoms. The van der Waals surface area contributed by atoms with E-state index in [0.29, 0.717) is 11.8 Å². The highest BCUT2D eigenvalue weighted by Gasteiger charge is 2.33. The number of carbonyl (C=O) groups is 1. The van der Waals surface area contributed by atoms with E-state index in [1.807, 2.05) is 0 Å². The van der Waals surface area contributed by atoms with Gasteiger partial charge in [-0.25, -0.2) is 0 Å². The van der Waals surface area contributed by atoms with Crippen LogP contribution in [0, 0.1) is 17.8 Å². The van der Waals surface area contributed by atoms with Crippen molar-refractivity contribution >= 4 is 5.97 Å². The Kier molecular flexibility index (Phi) is 3.34. The van der Waals surface area contributed by atoms with E-state index in [0.717, 1.165) is 5.92 Å². The summed E-state index contributed by atoms with van der Waals surface area (Å²) >= 11 is 0. The summed E-state index contributed by atoms with van der Waals surface area (Å²) in [5.41, 5.74) is 0. The molecule has 0 aromatic carbocycles. The van der Waals surface area contributed by atoms with E-state index in [9.17, 15) is 4.79 Å². The Hall–Kier alpha value is -0.530. The van der Waals surface area contributed by atoms with Crippen LogP contribution in [0.4, 0.5) is 0 Å². The lowest BCUT2D eigenvalue weighted by atomic mass is 9.75. The summed E-state index contributed by atoms with van der Waals surface area (Å²) in [5, 5.41) is 0. The quantitative estimate of drug-likeness (QED) is 0.585. The molecule has 0 bridgehead atoms. The van der Waals surface area contributed by atoms with Crippen molar-refractivity contribution in [2.45, 2.75) is 46.6 Å². The second-order valence-electron chi connectivity index (χ2n) is 4.61. The molecule has 1 aliphatic carbocycles. The fourth-order valence-corrected chi connectivity index (χ4v) is 2.62. The molecule has 2 unspecified atom stereocenters. The largest absolute Gasteiger partial charge is 0.462 e. The smallest absolute Gasteiger partial charge is 0.302 e. The van der Waals surface area contributed by atoms with Crippen LogP contribution in [0.5, 0.6) is 0 Å². The van der Waals surface area contributed by atoms with E-state index < -0.39 is 0 Å². The Morgan fingerprint density at radius 1 is 1.15 bits per heavy atom. The third-order valence-corrected chi connectivity index (χ3v) is 2.97. The lowest BCUT2D eigenvalue weighted by Crippen LogP contribution is -2.36. The molecule has 1 saturated carbocycles. The van der Waals surface area contributed by atoms with Crippen molar-refractivity contribution in [2.75, 3.05) is 0 Å². The molecule has 76 valence electrons. The number of rotatable bonds is 1. The van der Waals surface area contributed by atoms with Crippen LogP contribution in [0.25, 0.3) is 0 Å². The van der Waals surface area contributed by atoms with Gasteiger partial charge in [-0.2, -0.15) is 0 Å². The Morgan fingerprint density at radius 3 is 2.00 bits per heavy atom. The van der Waals surface area contributed by atoms with Gasteiger partial charge in [0.25, 0.3) is 0 Å². The number of hydrogen-bond acceptors (Lipinski definition) is 2. The van der Waals surface area contributed by atoms with Gasteiger partial charge in [0.2, 0.25) is 0 Å². The van der Waals surface area contributed by atoms with Crippen molar-refractivity contribution < 1.29 is 9.53 Å². The molecule has 2 nitrogen and oxygen atoms in total. The van der Waals surface area contributed by atoms with Crippen LogP contribution < -0.4 is 0 Å². The SMILES string of the molecule is CC(=O)OC1C(C)CC(C)CC1C. The van der Waals surface area contributed by atoms with Crippen LogP contribution in [0.1, 0.15) is 40.5 Å². The molecule has 0 radical (unpaired) electrons. The fraction of sp³-hybridized carbons (Fsp3) is 0.909.